The van der Waals surface area contributed by atoms with Crippen LogP contribution >= 0.6 is 11.3 Å². The topological polar surface area (TPSA) is 113 Å². The number of carbonyl (C=O) groups is 3. The highest BCUT2D eigenvalue weighted by molar-refractivity contribution is 7.18. The molecule has 0 aliphatic heterocycles. The van der Waals surface area contributed by atoms with Crippen LogP contribution in [0.3, 0.4) is 0 Å². The van der Waals surface area contributed by atoms with Crippen molar-refractivity contribution in [3.63, 3.8) is 0 Å². The van der Waals surface area contributed by atoms with Gasteiger partial charge in [0.1, 0.15) is 33.7 Å². The van der Waals surface area contributed by atoms with Crippen molar-refractivity contribution in [3.8, 4) is 11.5 Å². The fraction of sp³-hybridized carbons (Fsp3) is 0.320. The average Bonchev–Trinajstić information content (AvgIpc) is 3.42. The number of anilines is 1. The lowest BCUT2D eigenvalue weighted by molar-refractivity contribution is 0.0379. The van der Waals surface area contributed by atoms with Gasteiger partial charge in [-0.25, -0.2) is 9.59 Å². The van der Waals surface area contributed by atoms with Crippen LogP contribution in [0.15, 0.2) is 40.8 Å². The minimum absolute atomic E-state index is 0.0187. The monoisotopic (exact) mass is 501 g/mol. The van der Waals surface area contributed by atoms with Crippen molar-refractivity contribution in [2.45, 2.75) is 40.4 Å². The highest BCUT2D eigenvalue weighted by Gasteiger charge is 2.28. The van der Waals surface area contributed by atoms with Gasteiger partial charge in [0.25, 0.3) is 5.91 Å². The van der Waals surface area contributed by atoms with Gasteiger partial charge in [-0.15, -0.1) is 11.3 Å². The van der Waals surface area contributed by atoms with Crippen molar-refractivity contribution in [1.82, 2.24) is 0 Å². The number of benzene rings is 1. The van der Waals surface area contributed by atoms with Crippen LogP contribution in [0.2, 0.25) is 0 Å². The number of nitrogens with one attached hydrogen (secondary N) is 1. The van der Waals surface area contributed by atoms with E-state index in [9.17, 15) is 14.4 Å². The molecule has 9 nitrogen and oxygen atoms in total. The molecule has 3 aromatic rings. The maximum absolute atomic E-state index is 12.9. The van der Waals surface area contributed by atoms with E-state index in [4.69, 9.17) is 23.4 Å². The van der Waals surface area contributed by atoms with Crippen LogP contribution in [0.25, 0.3) is 0 Å². The minimum atomic E-state index is -0.646. The third-order valence-corrected chi connectivity index (χ3v) is 5.89. The van der Waals surface area contributed by atoms with Gasteiger partial charge < -0.3 is 28.7 Å². The van der Waals surface area contributed by atoms with Crippen LogP contribution < -0.4 is 14.8 Å². The van der Waals surface area contributed by atoms with Crippen molar-refractivity contribution in [3.05, 3.63) is 63.9 Å². The Morgan fingerprint density at radius 2 is 1.71 bits per heavy atom. The molecular weight excluding hydrogens is 474 g/mol. The van der Waals surface area contributed by atoms with Crippen LogP contribution in [-0.2, 0) is 16.1 Å². The number of hydrogen-bond donors (Lipinski definition) is 1. The molecule has 3 rings (SSSR count). The van der Waals surface area contributed by atoms with Crippen LogP contribution in [0.1, 0.15) is 62.7 Å². The summed E-state index contributed by atoms with van der Waals surface area (Å²) in [5, 5.41) is 2.84. The lowest BCUT2D eigenvalue weighted by atomic mass is 10.1. The van der Waals surface area contributed by atoms with Gasteiger partial charge in [-0.2, -0.15) is 0 Å². The zero-order valence-electron chi connectivity index (χ0n) is 20.1. The van der Waals surface area contributed by atoms with E-state index >= 15 is 0 Å². The molecule has 0 aliphatic rings. The largest absolute Gasteiger partial charge is 0.497 e. The van der Waals surface area contributed by atoms with E-state index in [0.29, 0.717) is 22.8 Å². The van der Waals surface area contributed by atoms with E-state index in [1.54, 1.807) is 65.1 Å². The van der Waals surface area contributed by atoms with Gasteiger partial charge in [0.15, 0.2) is 5.76 Å². The predicted octanol–water partition coefficient (Wildman–Crippen LogP) is 5.23. The molecular formula is C25H27NO8S. The van der Waals surface area contributed by atoms with Crippen molar-refractivity contribution in [1.29, 1.82) is 0 Å². The van der Waals surface area contributed by atoms with Gasteiger partial charge in [-0.1, -0.05) is 0 Å². The Morgan fingerprint density at radius 3 is 2.34 bits per heavy atom. The van der Waals surface area contributed by atoms with Gasteiger partial charge >= 0.3 is 11.9 Å². The van der Waals surface area contributed by atoms with Crippen LogP contribution in [0, 0.1) is 6.92 Å². The predicted molar refractivity (Wildman–Crippen MR) is 130 cm³/mol. The number of hydrogen-bond acceptors (Lipinski definition) is 9. The van der Waals surface area contributed by atoms with Gasteiger partial charge in [0, 0.05) is 0 Å². The first-order chi connectivity index (χ1) is 16.7. The molecule has 1 amide bonds. The highest BCUT2D eigenvalue weighted by Crippen LogP contribution is 2.35. The van der Waals surface area contributed by atoms with E-state index in [0.717, 1.165) is 11.3 Å². The van der Waals surface area contributed by atoms with Gasteiger partial charge in [0.2, 0.25) is 0 Å². The summed E-state index contributed by atoms with van der Waals surface area (Å²) >= 11 is 0.946. The quantitative estimate of drug-likeness (QED) is 0.376. The Morgan fingerprint density at radius 1 is 1.03 bits per heavy atom. The fourth-order valence-corrected chi connectivity index (χ4v) is 4.16. The van der Waals surface area contributed by atoms with Crippen LogP contribution in [-0.4, -0.2) is 37.7 Å². The summed E-state index contributed by atoms with van der Waals surface area (Å²) in [5.41, 5.74) is 0.483. The number of rotatable bonds is 10. The maximum Gasteiger partial charge on any atom is 0.348 e. The number of amides is 1. The molecule has 2 aromatic heterocycles. The van der Waals surface area contributed by atoms with E-state index in [2.05, 4.69) is 5.32 Å². The molecule has 1 N–H and O–H groups in total. The highest BCUT2D eigenvalue weighted by atomic mass is 32.1. The van der Waals surface area contributed by atoms with E-state index < -0.39 is 17.8 Å². The van der Waals surface area contributed by atoms with Crippen LogP contribution in [0.5, 0.6) is 11.5 Å². The number of methoxy groups -OCH3 is 1. The van der Waals surface area contributed by atoms with E-state index in [1.807, 2.05) is 0 Å². The molecule has 0 radical (unpaired) electrons. The Balaban J connectivity index is 1.76. The molecule has 0 fully saturated rings. The summed E-state index contributed by atoms with van der Waals surface area (Å²) in [5.74, 6) is -0.0400. The molecule has 2 heterocycles. The first-order valence-electron chi connectivity index (χ1n) is 10.9. The minimum Gasteiger partial charge on any atom is -0.497 e. The van der Waals surface area contributed by atoms with Crippen LogP contribution in [0.4, 0.5) is 5.00 Å². The number of ether oxygens (including phenoxy) is 4. The summed E-state index contributed by atoms with van der Waals surface area (Å²) in [6.07, 6.45) is -0.380. The molecule has 0 unspecified atom stereocenters. The molecule has 10 heteroatoms. The number of furan rings is 1. The van der Waals surface area contributed by atoms with E-state index in [1.165, 1.54) is 6.07 Å². The molecule has 0 saturated carbocycles. The lowest BCUT2D eigenvalue weighted by Gasteiger charge is -2.10. The first-order valence-corrected chi connectivity index (χ1v) is 11.7. The summed E-state index contributed by atoms with van der Waals surface area (Å²) in [6.45, 7) is 7.00. The molecule has 0 atom stereocenters. The third kappa shape index (κ3) is 6.42. The third-order valence-electron chi connectivity index (χ3n) is 4.71. The summed E-state index contributed by atoms with van der Waals surface area (Å²) < 4.78 is 26.8. The Labute approximate surface area is 206 Å². The number of esters is 2. The van der Waals surface area contributed by atoms with Gasteiger partial charge in [0.05, 0.1) is 25.4 Å². The maximum atomic E-state index is 12.9. The summed E-state index contributed by atoms with van der Waals surface area (Å²) in [7, 11) is 1.58. The second-order valence-corrected chi connectivity index (χ2v) is 8.64. The standard InChI is InChI=1S/C25H27NO8S/c1-6-31-25(29)21-15(4)20(24(28)33-14(2)3)23(35-21)26-22(27)19-12-11-18(34-19)13-32-17-9-7-16(30-5)8-10-17/h7-12,14H,6,13H2,1-5H3,(H,26,27). The van der Waals surface area contributed by atoms with E-state index in [-0.39, 0.29) is 40.5 Å². The molecule has 186 valence electrons. The second kappa shape index (κ2) is 11.6. The average molecular weight is 502 g/mol. The molecule has 0 saturated heterocycles. The van der Waals surface area contributed by atoms with Gasteiger partial charge in [-0.3, -0.25) is 4.79 Å². The number of carbonyl (C=O) groups excluding carboxylic acids is 3. The fourth-order valence-electron chi connectivity index (χ4n) is 3.08. The molecule has 0 bridgehead atoms. The summed E-state index contributed by atoms with van der Waals surface area (Å²) in [6, 6.07) is 10.2. The zero-order valence-corrected chi connectivity index (χ0v) is 20.9. The van der Waals surface area contributed by atoms with Crippen molar-refractivity contribution >= 4 is 34.2 Å². The van der Waals surface area contributed by atoms with Gasteiger partial charge in [-0.05, 0) is 69.7 Å². The molecule has 35 heavy (non-hydrogen) atoms. The number of thiophene rings is 1. The zero-order chi connectivity index (χ0) is 25.5. The molecule has 1 aromatic carbocycles. The molecule has 0 spiro atoms. The van der Waals surface area contributed by atoms with Crippen molar-refractivity contribution in [2.24, 2.45) is 0 Å². The van der Waals surface area contributed by atoms with Crippen molar-refractivity contribution < 1.29 is 37.7 Å². The first kappa shape index (κ1) is 25.8. The Bertz CT molecular complexity index is 1190. The molecule has 0 aliphatic carbocycles. The Kier molecular flexibility index (Phi) is 8.53. The normalized spacial score (nSPS) is 10.7. The van der Waals surface area contributed by atoms with Crippen molar-refractivity contribution in [2.75, 3.05) is 19.0 Å². The SMILES string of the molecule is CCOC(=O)c1sc(NC(=O)c2ccc(COc3ccc(OC)cc3)o2)c(C(=O)OC(C)C)c1C. The Hall–Kier alpha value is -3.79. The smallest absolute Gasteiger partial charge is 0.348 e. The lowest BCUT2D eigenvalue weighted by Crippen LogP contribution is -2.16. The second-order valence-electron chi connectivity index (χ2n) is 7.62. The summed E-state index contributed by atoms with van der Waals surface area (Å²) in [4.78, 5) is 38.1.